The molecule has 230 valence electrons. The van der Waals surface area contributed by atoms with Gasteiger partial charge in [-0.1, -0.05) is 30.4 Å². The first-order valence-corrected chi connectivity index (χ1v) is 17.3. The van der Waals surface area contributed by atoms with Gasteiger partial charge in [-0.15, -0.1) is 0 Å². The van der Waals surface area contributed by atoms with Gasteiger partial charge in [0.1, 0.15) is 5.75 Å². The highest BCUT2D eigenvalue weighted by Gasteiger charge is 2.66. The SMILES string of the molecule is COc1ccc2[nH]c3c(c2c1)CCNC3C1=C[C@@]2(O)CC/C=C\CCCCN3CC[C@@H]1C1(CC4/C=C\CCCCN4[C@H]12)C3. The average molecular weight is 583 g/mol. The molecular weight excluding hydrogens is 532 g/mol. The van der Waals surface area contributed by atoms with Crippen molar-refractivity contribution in [1.82, 2.24) is 20.1 Å². The van der Waals surface area contributed by atoms with Crippen LogP contribution >= 0.6 is 0 Å². The minimum absolute atomic E-state index is 0.0444. The van der Waals surface area contributed by atoms with E-state index in [0.717, 1.165) is 64.0 Å². The summed E-state index contributed by atoms with van der Waals surface area (Å²) in [5.74, 6) is 1.37. The Morgan fingerprint density at radius 1 is 1.00 bits per heavy atom. The maximum Gasteiger partial charge on any atom is 0.119 e. The zero-order chi connectivity index (χ0) is 29.0. The maximum atomic E-state index is 13.2. The van der Waals surface area contributed by atoms with Gasteiger partial charge in [-0.2, -0.15) is 0 Å². The van der Waals surface area contributed by atoms with Gasteiger partial charge in [-0.25, -0.2) is 0 Å². The molecule has 6 nitrogen and oxygen atoms in total. The highest BCUT2D eigenvalue weighted by Crippen LogP contribution is 2.61. The predicted molar refractivity (Wildman–Crippen MR) is 173 cm³/mol. The highest BCUT2D eigenvalue weighted by atomic mass is 16.5. The molecule has 8 rings (SSSR count). The van der Waals surface area contributed by atoms with Crippen molar-refractivity contribution in [3.8, 4) is 5.75 Å². The zero-order valence-corrected chi connectivity index (χ0v) is 26.0. The molecule has 43 heavy (non-hydrogen) atoms. The summed E-state index contributed by atoms with van der Waals surface area (Å²) in [6.45, 7) is 5.51. The highest BCUT2D eigenvalue weighted by molar-refractivity contribution is 5.86. The molecule has 5 aliphatic heterocycles. The van der Waals surface area contributed by atoms with E-state index in [2.05, 4.69) is 68.7 Å². The molecular formula is C37H50N4O2. The van der Waals surface area contributed by atoms with E-state index in [0.29, 0.717) is 12.0 Å². The van der Waals surface area contributed by atoms with Gasteiger partial charge in [0.25, 0.3) is 0 Å². The summed E-state index contributed by atoms with van der Waals surface area (Å²) >= 11 is 0. The third-order valence-electron chi connectivity index (χ3n) is 12.0. The van der Waals surface area contributed by atoms with Crippen LogP contribution in [0.2, 0.25) is 0 Å². The molecule has 1 aliphatic carbocycles. The van der Waals surface area contributed by atoms with Crippen LogP contribution in [0.3, 0.4) is 0 Å². The molecule has 7 atom stereocenters. The fraction of sp³-hybridized carbons (Fsp3) is 0.622. The topological polar surface area (TPSA) is 63.8 Å². The first kappa shape index (κ1) is 28.1. The minimum Gasteiger partial charge on any atom is -0.497 e. The number of benzene rings is 1. The number of hydrogen-bond acceptors (Lipinski definition) is 5. The van der Waals surface area contributed by atoms with E-state index in [1.807, 2.05) is 0 Å². The predicted octanol–water partition coefficient (Wildman–Crippen LogP) is 6.05. The molecule has 2 fully saturated rings. The quantitative estimate of drug-likeness (QED) is 0.377. The normalized spacial score (nSPS) is 39.6. The number of ether oxygens (including phenoxy) is 1. The molecule has 3 bridgehead atoms. The number of piperidine rings is 1. The number of nitrogens with one attached hydrogen (secondary N) is 2. The number of rotatable bonds is 2. The van der Waals surface area contributed by atoms with Crippen molar-refractivity contribution >= 4 is 10.9 Å². The van der Waals surface area contributed by atoms with Crippen LogP contribution in [0, 0.1) is 11.3 Å². The second-order valence-corrected chi connectivity index (χ2v) is 14.4. The van der Waals surface area contributed by atoms with Crippen LogP contribution in [0.1, 0.15) is 81.5 Å². The molecule has 1 aromatic heterocycles. The molecule has 0 amide bonds. The average Bonchev–Trinajstić information content (AvgIpc) is 3.52. The third kappa shape index (κ3) is 4.67. The Labute approximate surface area is 257 Å². The van der Waals surface area contributed by atoms with Gasteiger partial charge in [-0.3, -0.25) is 4.90 Å². The summed E-state index contributed by atoms with van der Waals surface area (Å²) in [4.78, 5) is 9.43. The van der Waals surface area contributed by atoms with Gasteiger partial charge in [0.15, 0.2) is 0 Å². The second-order valence-electron chi connectivity index (χ2n) is 14.4. The summed E-state index contributed by atoms with van der Waals surface area (Å²) in [6, 6.07) is 7.13. The molecule has 1 spiro atoms. The van der Waals surface area contributed by atoms with E-state index in [9.17, 15) is 5.11 Å². The Bertz CT molecular complexity index is 1440. The number of nitrogens with zero attached hydrogens (tertiary/aromatic N) is 2. The lowest BCUT2D eigenvalue weighted by atomic mass is 9.54. The van der Waals surface area contributed by atoms with Crippen LogP contribution in [0.5, 0.6) is 5.75 Å². The fourth-order valence-corrected chi connectivity index (χ4v) is 10.3. The van der Waals surface area contributed by atoms with Crippen LogP contribution in [0.25, 0.3) is 10.9 Å². The van der Waals surface area contributed by atoms with Gasteiger partial charge in [-0.05, 0) is 126 Å². The number of hydrogen-bond donors (Lipinski definition) is 3. The Morgan fingerprint density at radius 2 is 1.86 bits per heavy atom. The number of fused-ring (bicyclic) bond motifs is 5. The molecule has 2 aromatic rings. The molecule has 6 aliphatic rings. The Hall–Kier alpha value is -2.38. The van der Waals surface area contributed by atoms with Crippen molar-refractivity contribution in [2.24, 2.45) is 11.3 Å². The van der Waals surface area contributed by atoms with E-state index >= 15 is 0 Å². The van der Waals surface area contributed by atoms with Gasteiger partial charge in [0.2, 0.25) is 0 Å². The van der Waals surface area contributed by atoms with Crippen molar-refractivity contribution in [1.29, 1.82) is 0 Å². The van der Waals surface area contributed by atoms with Crippen molar-refractivity contribution < 1.29 is 9.84 Å². The lowest BCUT2D eigenvalue weighted by Crippen LogP contribution is -2.66. The van der Waals surface area contributed by atoms with E-state index < -0.39 is 5.60 Å². The Balaban J connectivity index is 1.29. The van der Waals surface area contributed by atoms with Crippen molar-refractivity contribution in [3.63, 3.8) is 0 Å². The smallest absolute Gasteiger partial charge is 0.119 e. The van der Waals surface area contributed by atoms with Gasteiger partial charge < -0.3 is 25.0 Å². The largest absolute Gasteiger partial charge is 0.497 e. The second kappa shape index (κ2) is 11.2. The first-order chi connectivity index (χ1) is 21.1. The number of methoxy groups -OCH3 is 1. The summed E-state index contributed by atoms with van der Waals surface area (Å²) in [5.41, 5.74) is 4.56. The Kier molecular flexibility index (Phi) is 7.33. The molecule has 3 N–H and O–H groups in total. The molecule has 0 radical (unpaired) electrons. The number of H-pyrrole nitrogens is 1. The van der Waals surface area contributed by atoms with Crippen LogP contribution in [0.4, 0.5) is 0 Å². The van der Waals surface area contributed by atoms with Crippen molar-refractivity contribution in [2.45, 2.75) is 94.4 Å². The van der Waals surface area contributed by atoms with Crippen LogP contribution < -0.4 is 10.1 Å². The molecule has 6 heterocycles. The standard InChI is InChI=1S/C37H50N4O2/c1-43-27-13-14-32-29(22-27)28-15-18-38-33(34(28)39-32)30-24-37(42)17-9-5-2-3-6-10-19-40-21-16-31(30)36(25-40)23-26-12-8-4-7-11-20-41(26)35(36)37/h2,5,8,12-14,22,24,26,31,33,35,38-39,42H,3-4,6-7,9-11,15-21,23,25H2,1H3/b5-2-,12-8-/t26?,31-,33?,35+,36?,37-/m0/s1. The van der Waals surface area contributed by atoms with Gasteiger partial charge >= 0.3 is 0 Å². The van der Waals surface area contributed by atoms with Gasteiger partial charge in [0, 0.05) is 41.1 Å². The molecule has 2 saturated heterocycles. The summed E-state index contributed by atoms with van der Waals surface area (Å²) in [6.07, 6.45) is 24.5. The number of aromatic nitrogens is 1. The first-order valence-electron chi connectivity index (χ1n) is 17.3. The van der Waals surface area contributed by atoms with E-state index in [4.69, 9.17) is 4.74 Å². The fourth-order valence-electron chi connectivity index (χ4n) is 10.3. The van der Waals surface area contributed by atoms with Crippen molar-refractivity contribution in [3.05, 3.63) is 65.4 Å². The van der Waals surface area contributed by atoms with Gasteiger partial charge in [0.05, 0.1) is 24.8 Å². The summed E-state index contributed by atoms with van der Waals surface area (Å²) < 4.78 is 5.62. The lowest BCUT2D eigenvalue weighted by Gasteiger charge is -2.59. The molecule has 4 unspecified atom stereocenters. The number of aromatic amines is 1. The third-order valence-corrected chi connectivity index (χ3v) is 12.0. The van der Waals surface area contributed by atoms with Crippen LogP contribution in [-0.4, -0.2) is 77.4 Å². The monoisotopic (exact) mass is 582 g/mol. The van der Waals surface area contributed by atoms with Crippen LogP contribution in [-0.2, 0) is 6.42 Å². The van der Waals surface area contributed by atoms with Crippen molar-refractivity contribution in [2.75, 3.05) is 39.8 Å². The zero-order valence-electron chi connectivity index (χ0n) is 26.0. The summed E-state index contributed by atoms with van der Waals surface area (Å²) in [7, 11) is 1.76. The van der Waals surface area contributed by atoms with E-state index in [1.54, 1.807) is 7.11 Å². The van der Waals surface area contributed by atoms with Crippen LogP contribution in [0.15, 0.2) is 54.2 Å². The number of allylic oxidation sites excluding steroid dienone is 3. The molecule has 0 saturated carbocycles. The minimum atomic E-state index is -0.858. The van der Waals surface area contributed by atoms with E-state index in [-0.39, 0.29) is 17.5 Å². The maximum absolute atomic E-state index is 13.2. The molecule has 6 heteroatoms. The molecule has 1 aromatic carbocycles. The van der Waals surface area contributed by atoms with E-state index in [1.165, 1.54) is 72.8 Å². The number of aliphatic hydroxyl groups is 1. The lowest BCUT2D eigenvalue weighted by molar-refractivity contribution is -0.0984. The Morgan fingerprint density at radius 3 is 2.77 bits per heavy atom. The summed E-state index contributed by atoms with van der Waals surface area (Å²) in [5, 5.41) is 18.4.